The largest absolute Gasteiger partial charge is 0.496 e. The van der Waals surface area contributed by atoms with E-state index in [4.69, 9.17) is 18.6 Å². The predicted molar refractivity (Wildman–Crippen MR) is 92.4 cm³/mol. The van der Waals surface area contributed by atoms with Crippen LogP contribution in [0.25, 0.3) is 0 Å². The Balaban J connectivity index is 1.98. The summed E-state index contributed by atoms with van der Waals surface area (Å²) in [5.74, 6) is 0.206. The van der Waals surface area contributed by atoms with Crippen LogP contribution in [0.4, 0.5) is 0 Å². The fourth-order valence-corrected chi connectivity index (χ4v) is 2.03. The Bertz CT molecular complexity index is 786. The molecule has 9 heteroatoms. The normalized spacial score (nSPS) is 10.4. The maximum absolute atomic E-state index is 11.7. The molecule has 0 aliphatic heterocycles. The lowest BCUT2D eigenvalue weighted by atomic mass is 10.2. The molecule has 0 unspecified atom stereocenters. The van der Waals surface area contributed by atoms with E-state index < -0.39 is 11.8 Å². The summed E-state index contributed by atoms with van der Waals surface area (Å²) in [5, 5.41) is 6.17. The van der Waals surface area contributed by atoms with Crippen molar-refractivity contribution in [1.82, 2.24) is 10.7 Å². The minimum Gasteiger partial charge on any atom is -0.496 e. The quantitative estimate of drug-likeness (QED) is 0.433. The summed E-state index contributed by atoms with van der Waals surface area (Å²) in [4.78, 5) is 23.4. The molecule has 9 nitrogen and oxygen atoms in total. The minimum atomic E-state index is -0.910. The molecule has 2 aromatic rings. The summed E-state index contributed by atoms with van der Waals surface area (Å²) in [5.41, 5.74) is 2.67. The highest BCUT2D eigenvalue weighted by Crippen LogP contribution is 2.33. The van der Waals surface area contributed by atoms with Crippen LogP contribution in [0.15, 0.2) is 40.0 Å². The van der Waals surface area contributed by atoms with Crippen LogP contribution in [0.5, 0.6) is 17.2 Å². The van der Waals surface area contributed by atoms with Crippen LogP contribution in [-0.4, -0.2) is 39.4 Å². The van der Waals surface area contributed by atoms with Crippen LogP contribution in [0.3, 0.4) is 0 Å². The van der Waals surface area contributed by atoms with Gasteiger partial charge < -0.3 is 23.9 Å². The van der Waals surface area contributed by atoms with Crippen LogP contribution in [0, 0.1) is 0 Å². The Morgan fingerprint density at radius 2 is 1.77 bits per heavy atom. The molecule has 0 aliphatic rings. The van der Waals surface area contributed by atoms with Crippen molar-refractivity contribution in [3.63, 3.8) is 0 Å². The number of nitrogens with one attached hydrogen (secondary N) is 2. The number of hydrazone groups is 1. The van der Waals surface area contributed by atoms with Gasteiger partial charge in [0.2, 0.25) is 0 Å². The summed E-state index contributed by atoms with van der Waals surface area (Å²) in [7, 11) is 4.49. The zero-order chi connectivity index (χ0) is 18.9. The van der Waals surface area contributed by atoms with Crippen LogP contribution in [-0.2, 0) is 16.1 Å². The first-order valence-corrected chi connectivity index (χ1v) is 7.52. The van der Waals surface area contributed by atoms with Crippen LogP contribution >= 0.6 is 0 Å². The summed E-state index contributed by atoms with van der Waals surface area (Å²) in [6, 6.07) is 6.62. The fraction of sp³-hybridized carbons (Fsp3) is 0.235. The molecule has 0 bridgehead atoms. The van der Waals surface area contributed by atoms with Gasteiger partial charge in [-0.3, -0.25) is 9.59 Å². The summed E-state index contributed by atoms with van der Waals surface area (Å²) >= 11 is 0. The van der Waals surface area contributed by atoms with Gasteiger partial charge in [0.1, 0.15) is 11.5 Å². The van der Waals surface area contributed by atoms with Crippen molar-refractivity contribution in [2.45, 2.75) is 6.54 Å². The first-order chi connectivity index (χ1) is 12.6. The molecule has 1 heterocycles. The van der Waals surface area contributed by atoms with E-state index in [1.165, 1.54) is 33.8 Å². The van der Waals surface area contributed by atoms with Crippen molar-refractivity contribution in [2.75, 3.05) is 21.3 Å². The summed E-state index contributed by atoms with van der Waals surface area (Å²) in [6.07, 6.45) is 2.81. The Morgan fingerprint density at radius 3 is 2.38 bits per heavy atom. The number of rotatable bonds is 7. The zero-order valence-electron chi connectivity index (χ0n) is 14.6. The van der Waals surface area contributed by atoms with E-state index in [1.54, 1.807) is 24.3 Å². The smallest absolute Gasteiger partial charge is 0.329 e. The highest BCUT2D eigenvalue weighted by molar-refractivity contribution is 6.35. The van der Waals surface area contributed by atoms with Gasteiger partial charge in [0.25, 0.3) is 0 Å². The van der Waals surface area contributed by atoms with Crippen molar-refractivity contribution < 1.29 is 28.2 Å². The van der Waals surface area contributed by atoms with Crippen molar-refractivity contribution in [3.8, 4) is 17.2 Å². The van der Waals surface area contributed by atoms with Gasteiger partial charge in [-0.2, -0.15) is 5.10 Å². The molecule has 138 valence electrons. The summed E-state index contributed by atoms with van der Waals surface area (Å²) < 4.78 is 20.7. The minimum absolute atomic E-state index is 0.104. The number of methoxy groups -OCH3 is 3. The van der Waals surface area contributed by atoms with Gasteiger partial charge in [-0.1, -0.05) is 0 Å². The molecule has 0 atom stereocenters. The fourth-order valence-electron chi connectivity index (χ4n) is 2.03. The standard InChI is InChI=1S/C17H19N3O6/c1-23-13-8-15(25-3)14(24-2)7-11(13)9-19-20-17(22)16(21)18-10-12-5-4-6-26-12/h4-9H,10H2,1-3H3,(H,18,21)(H,20,22)/b19-9-. The average molecular weight is 361 g/mol. The van der Waals surface area contributed by atoms with Crippen molar-refractivity contribution >= 4 is 18.0 Å². The number of hydrogen-bond donors (Lipinski definition) is 2. The van der Waals surface area contributed by atoms with Crippen LogP contribution in [0.2, 0.25) is 0 Å². The third-order valence-electron chi connectivity index (χ3n) is 3.32. The zero-order valence-corrected chi connectivity index (χ0v) is 14.6. The first-order valence-electron chi connectivity index (χ1n) is 7.52. The van der Waals surface area contributed by atoms with E-state index >= 15 is 0 Å². The third-order valence-corrected chi connectivity index (χ3v) is 3.32. The number of ether oxygens (including phenoxy) is 3. The highest BCUT2D eigenvalue weighted by atomic mass is 16.5. The second kappa shape index (κ2) is 9.11. The Kier molecular flexibility index (Phi) is 6.60. The van der Waals surface area contributed by atoms with Gasteiger partial charge in [0.05, 0.1) is 40.4 Å². The lowest BCUT2D eigenvalue weighted by Crippen LogP contribution is -2.37. The van der Waals surface area contributed by atoms with E-state index in [2.05, 4.69) is 15.8 Å². The van der Waals surface area contributed by atoms with Crippen LogP contribution in [0.1, 0.15) is 11.3 Å². The maximum atomic E-state index is 11.7. The lowest BCUT2D eigenvalue weighted by molar-refractivity contribution is -0.139. The van der Waals surface area contributed by atoms with E-state index in [9.17, 15) is 9.59 Å². The van der Waals surface area contributed by atoms with Gasteiger partial charge >= 0.3 is 11.8 Å². The van der Waals surface area contributed by atoms with Crippen molar-refractivity contribution in [1.29, 1.82) is 0 Å². The molecule has 0 saturated carbocycles. The maximum Gasteiger partial charge on any atom is 0.329 e. The molecular formula is C17H19N3O6. The van der Waals surface area contributed by atoms with Gasteiger partial charge in [0, 0.05) is 11.6 Å². The number of benzene rings is 1. The van der Waals surface area contributed by atoms with E-state index in [0.717, 1.165) is 0 Å². The molecule has 2 rings (SSSR count). The van der Waals surface area contributed by atoms with Crippen molar-refractivity contribution in [2.24, 2.45) is 5.10 Å². The molecule has 2 amide bonds. The lowest BCUT2D eigenvalue weighted by Gasteiger charge is -2.11. The molecule has 2 N–H and O–H groups in total. The molecule has 0 radical (unpaired) electrons. The van der Waals surface area contributed by atoms with E-state index in [-0.39, 0.29) is 6.54 Å². The topological polar surface area (TPSA) is 111 Å². The van der Waals surface area contributed by atoms with E-state index in [0.29, 0.717) is 28.6 Å². The van der Waals surface area contributed by atoms with Crippen LogP contribution < -0.4 is 25.0 Å². The third kappa shape index (κ3) is 4.76. The number of furan rings is 1. The number of amides is 2. The molecule has 0 aliphatic carbocycles. The van der Waals surface area contributed by atoms with E-state index in [1.807, 2.05) is 0 Å². The number of hydrogen-bond acceptors (Lipinski definition) is 7. The second-order valence-corrected chi connectivity index (χ2v) is 4.91. The molecule has 0 fully saturated rings. The first kappa shape index (κ1) is 18.8. The number of carbonyl (C=O) groups excluding carboxylic acids is 2. The van der Waals surface area contributed by atoms with Crippen molar-refractivity contribution in [3.05, 3.63) is 41.9 Å². The molecule has 0 spiro atoms. The molecule has 0 saturated heterocycles. The molecule has 1 aromatic heterocycles. The van der Waals surface area contributed by atoms with Gasteiger partial charge in [-0.05, 0) is 18.2 Å². The molecule has 26 heavy (non-hydrogen) atoms. The van der Waals surface area contributed by atoms with Gasteiger partial charge in [-0.25, -0.2) is 5.43 Å². The summed E-state index contributed by atoms with van der Waals surface area (Å²) in [6.45, 7) is 0.104. The molecule has 1 aromatic carbocycles. The monoisotopic (exact) mass is 361 g/mol. The SMILES string of the molecule is COc1cc(OC)c(OC)cc1/C=N\NC(=O)C(=O)NCc1ccco1. The Morgan fingerprint density at radius 1 is 1.08 bits per heavy atom. The van der Waals surface area contributed by atoms with Gasteiger partial charge in [-0.15, -0.1) is 0 Å². The predicted octanol–water partition coefficient (Wildman–Crippen LogP) is 1.07. The van der Waals surface area contributed by atoms with Gasteiger partial charge in [0.15, 0.2) is 11.5 Å². The number of nitrogens with zero attached hydrogens (tertiary/aromatic N) is 1. The Labute approximate surface area is 149 Å². The Hall–Kier alpha value is -3.49. The average Bonchev–Trinajstić information content (AvgIpc) is 3.18. The highest BCUT2D eigenvalue weighted by Gasteiger charge is 2.13. The number of carbonyl (C=O) groups is 2. The molecular weight excluding hydrogens is 342 g/mol. The second-order valence-electron chi connectivity index (χ2n) is 4.91.